The molecular weight excluding hydrogens is 448 g/mol. The maximum absolute atomic E-state index is 12.8. The summed E-state index contributed by atoms with van der Waals surface area (Å²) in [5.41, 5.74) is 0. The summed E-state index contributed by atoms with van der Waals surface area (Å²) in [6, 6.07) is 0. The van der Waals surface area contributed by atoms with Crippen LogP contribution in [0.1, 0.15) is 157 Å². The highest BCUT2D eigenvalue weighted by molar-refractivity contribution is 5.73. The van der Waals surface area contributed by atoms with Crippen molar-refractivity contribution in [3.8, 4) is 0 Å². The Morgan fingerprint density at radius 1 is 0.556 bits per heavy atom. The lowest BCUT2D eigenvalue weighted by Crippen LogP contribution is -2.33. The molecule has 0 heterocycles. The molecule has 214 valence electrons. The van der Waals surface area contributed by atoms with Gasteiger partial charge in [0.05, 0.1) is 19.1 Å². The summed E-state index contributed by atoms with van der Waals surface area (Å²) in [5, 5.41) is 0. The van der Waals surface area contributed by atoms with Gasteiger partial charge in [0, 0.05) is 6.42 Å². The maximum atomic E-state index is 12.8. The fourth-order valence-electron chi connectivity index (χ4n) is 5.16. The predicted octanol–water partition coefficient (Wildman–Crippen LogP) is 9.68. The largest absolute Gasteiger partial charge is 0.466 e. The van der Waals surface area contributed by atoms with E-state index in [-0.39, 0.29) is 17.9 Å². The molecule has 0 aliphatic carbocycles. The second kappa shape index (κ2) is 24.3. The molecule has 36 heavy (non-hydrogen) atoms. The molecule has 0 rings (SSSR count). The third-order valence-corrected chi connectivity index (χ3v) is 7.48. The van der Waals surface area contributed by atoms with Crippen LogP contribution in [0.2, 0.25) is 0 Å². The van der Waals surface area contributed by atoms with Crippen LogP contribution in [0.25, 0.3) is 0 Å². The molecule has 0 aromatic heterocycles. The molecule has 2 unspecified atom stereocenters. The number of carbonyl (C=O) groups is 2. The van der Waals surface area contributed by atoms with Crippen molar-refractivity contribution >= 4 is 11.9 Å². The highest BCUT2D eigenvalue weighted by Crippen LogP contribution is 2.33. The normalized spacial score (nSPS) is 13.2. The number of hydrogen-bond acceptors (Lipinski definition) is 4. The lowest BCUT2D eigenvalue weighted by atomic mass is 9.74. The van der Waals surface area contributed by atoms with Crippen molar-refractivity contribution < 1.29 is 19.1 Å². The average molecular weight is 511 g/mol. The van der Waals surface area contributed by atoms with Crippen molar-refractivity contribution in [1.82, 2.24) is 0 Å². The Hall–Kier alpha value is -1.06. The Balaban J connectivity index is 3.90. The van der Waals surface area contributed by atoms with E-state index >= 15 is 0 Å². The molecule has 0 aromatic carbocycles. The number of hydrogen-bond donors (Lipinski definition) is 0. The average Bonchev–Trinajstić information content (AvgIpc) is 2.83. The molecule has 0 saturated carbocycles. The molecule has 0 saturated heterocycles. The first-order valence-electron chi connectivity index (χ1n) is 15.7. The topological polar surface area (TPSA) is 52.6 Å². The molecule has 0 aliphatic heterocycles. The molecule has 4 nitrogen and oxygen atoms in total. The van der Waals surface area contributed by atoms with Crippen LogP contribution in [0.5, 0.6) is 0 Å². The number of rotatable bonds is 25. The fourth-order valence-corrected chi connectivity index (χ4v) is 5.16. The minimum absolute atomic E-state index is 0.0191. The van der Waals surface area contributed by atoms with Crippen LogP contribution in [0.4, 0.5) is 0 Å². The van der Waals surface area contributed by atoms with Crippen LogP contribution < -0.4 is 0 Å². The summed E-state index contributed by atoms with van der Waals surface area (Å²) < 4.78 is 10.9. The second-order valence-corrected chi connectivity index (χ2v) is 11.6. The summed E-state index contributed by atoms with van der Waals surface area (Å²) in [6.45, 7) is 14.4. The van der Waals surface area contributed by atoms with E-state index in [1.165, 1.54) is 51.4 Å². The van der Waals surface area contributed by atoms with Gasteiger partial charge >= 0.3 is 11.9 Å². The first-order valence-corrected chi connectivity index (χ1v) is 15.7. The molecule has 4 heteroatoms. The zero-order valence-corrected chi connectivity index (χ0v) is 25.1. The van der Waals surface area contributed by atoms with E-state index < -0.39 is 0 Å². The third-order valence-electron chi connectivity index (χ3n) is 7.48. The van der Waals surface area contributed by atoms with E-state index in [4.69, 9.17) is 9.47 Å². The molecule has 0 N–H and O–H groups in total. The van der Waals surface area contributed by atoms with Crippen LogP contribution >= 0.6 is 0 Å². The molecule has 0 aliphatic rings. The Kier molecular flexibility index (Phi) is 23.6. The molecule has 0 bridgehead atoms. The number of esters is 2. The van der Waals surface area contributed by atoms with E-state index in [0.717, 1.165) is 57.8 Å². The molecule has 0 aromatic rings. The zero-order chi connectivity index (χ0) is 27.0. The minimum atomic E-state index is -0.0191. The smallest absolute Gasteiger partial charge is 0.309 e. The van der Waals surface area contributed by atoms with Gasteiger partial charge in [-0.15, -0.1) is 0 Å². The lowest BCUT2D eigenvalue weighted by molar-refractivity contribution is -0.153. The molecule has 0 radical (unpaired) electrons. The SMILES string of the molecule is CCCCCOC(=O)CCCCCCCCCCCCC(C(C)C)C(C(=O)OCCCCC)C(C)C. The van der Waals surface area contributed by atoms with Crippen molar-refractivity contribution in [3.63, 3.8) is 0 Å². The minimum Gasteiger partial charge on any atom is -0.466 e. The van der Waals surface area contributed by atoms with Gasteiger partial charge < -0.3 is 9.47 Å². The standard InChI is InChI=1S/C32H62O4/c1-7-9-21-25-35-30(33)24-20-18-16-14-12-11-13-15-17-19-23-29(27(3)4)31(28(5)6)32(34)36-26-22-10-8-2/h27-29,31H,7-26H2,1-6H3. The lowest BCUT2D eigenvalue weighted by Gasteiger charge is -2.31. The first kappa shape index (κ1) is 34.9. The van der Waals surface area contributed by atoms with E-state index in [0.29, 0.717) is 37.4 Å². The summed E-state index contributed by atoms with van der Waals surface area (Å²) in [4.78, 5) is 24.5. The molecule has 0 amide bonds. The van der Waals surface area contributed by atoms with Crippen LogP contribution in [-0.2, 0) is 19.1 Å². The first-order chi connectivity index (χ1) is 17.3. The van der Waals surface area contributed by atoms with Crippen molar-refractivity contribution in [1.29, 1.82) is 0 Å². The van der Waals surface area contributed by atoms with E-state index in [2.05, 4.69) is 41.5 Å². The predicted molar refractivity (Wildman–Crippen MR) is 153 cm³/mol. The van der Waals surface area contributed by atoms with Crippen LogP contribution in [0.15, 0.2) is 0 Å². The van der Waals surface area contributed by atoms with Gasteiger partial charge in [-0.3, -0.25) is 9.59 Å². The summed E-state index contributed by atoms with van der Waals surface area (Å²) in [6.07, 6.45) is 20.6. The highest BCUT2D eigenvalue weighted by atomic mass is 16.5. The van der Waals surface area contributed by atoms with E-state index in [1.807, 2.05) is 0 Å². The van der Waals surface area contributed by atoms with Crippen molar-refractivity contribution in [3.05, 3.63) is 0 Å². The summed E-state index contributed by atoms with van der Waals surface area (Å²) in [5.74, 6) is 1.28. The van der Waals surface area contributed by atoms with Crippen molar-refractivity contribution in [2.75, 3.05) is 13.2 Å². The Morgan fingerprint density at radius 3 is 1.50 bits per heavy atom. The van der Waals surface area contributed by atoms with Gasteiger partial charge in [0.1, 0.15) is 0 Å². The van der Waals surface area contributed by atoms with Gasteiger partial charge in [-0.2, -0.15) is 0 Å². The Labute approximate surface area is 225 Å². The molecule has 2 atom stereocenters. The second-order valence-electron chi connectivity index (χ2n) is 11.6. The van der Waals surface area contributed by atoms with Crippen LogP contribution in [0.3, 0.4) is 0 Å². The molecule has 0 spiro atoms. The van der Waals surface area contributed by atoms with E-state index in [1.54, 1.807) is 0 Å². The monoisotopic (exact) mass is 510 g/mol. The van der Waals surface area contributed by atoms with Gasteiger partial charge in [-0.1, -0.05) is 125 Å². The number of unbranched alkanes of at least 4 members (excludes halogenated alkanes) is 13. The van der Waals surface area contributed by atoms with Crippen LogP contribution in [0, 0.1) is 23.7 Å². The molecule has 0 fully saturated rings. The quantitative estimate of drug-likeness (QED) is 0.0906. The van der Waals surface area contributed by atoms with Gasteiger partial charge in [-0.25, -0.2) is 0 Å². The van der Waals surface area contributed by atoms with Gasteiger partial charge in [0.15, 0.2) is 0 Å². The Bertz CT molecular complexity index is 514. The van der Waals surface area contributed by atoms with Crippen LogP contribution in [-0.4, -0.2) is 25.2 Å². The van der Waals surface area contributed by atoms with Crippen molar-refractivity contribution in [2.24, 2.45) is 23.7 Å². The summed E-state index contributed by atoms with van der Waals surface area (Å²) >= 11 is 0. The zero-order valence-electron chi connectivity index (χ0n) is 25.1. The fraction of sp³-hybridized carbons (Fsp3) is 0.938. The van der Waals surface area contributed by atoms with Gasteiger partial charge in [0.2, 0.25) is 0 Å². The van der Waals surface area contributed by atoms with E-state index in [9.17, 15) is 9.59 Å². The number of carbonyl (C=O) groups excluding carboxylic acids is 2. The third kappa shape index (κ3) is 19.1. The van der Waals surface area contributed by atoms with Crippen molar-refractivity contribution in [2.45, 2.75) is 157 Å². The van der Waals surface area contributed by atoms with Gasteiger partial charge in [0.25, 0.3) is 0 Å². The Morgan fingerprint density at radius 2 is 1.03 bits per heavy atom. The van der Waals surface area contributed by atoms with Gasteiger partial charge in [-0.05, 0) is 43.4 Å². The highest BCUT2D eigenvalue weighted by Gasteiger charge is 2.33. The number of ether oxygens (including phenoxy) is 2. The molecular formula is C32H62O4. The maximum Gasteiger partial charge on any atom is 0.309 e. The summed E-state index contributed by atoms with van der Waals surface area (Å²) in [7, 11) is 0.